The van der Waals surface area contributed by atoms with Gasteiger partial charge >= 0.3 is 18.1 Å². The largest absolute Gasteiger partial charge is 0.466 e. The lowest BCUT2D eigenvalue weighted by atomic mass is 9.85. The second-order valence-corrected chi connectivity index (χ2v) is 7.64. The van der Waals surface area contributed by atoms with Gasteiger partial charge in [-0.15, -0.1) is 10.2 Å². The summed E-state index contributed by atoms with van der Waals surface area (Å²) in [5, 5.41) is 7.04. The van der Waals surface area contributed by atoms with E-state index in [4.69, 9.17) is 9.47 Å². The predicted molar refractivity (Wildman–Crippen MR) is 112 cm³/mol. The smallest absolute Gasteiger partial charge is 0.452 e. The van der Waals surface area contributed by atoms with Gasteiger partial charge in [0, 0.05) is 19.0 Å². The van der Waals surface area contributed by atoms with Gasteiger partial charge in [-0.1, -0.05) is 18.2 Å². The van der Waals surface area contributed by atoms with Crippen molar-refractivity contribution >= 4 is 17.6 Å². The van der Waals surface area contributed by atoms with E-state index in [1.54, 1.807) is 13.8 Å². The minimum atomic E-state index is -4.65. The molecule has 0 saturated heterocycles. The molecular weight excluding hydrogens is 439 g/mol. The third-order valence-corrected chi connectivity index (χ3v) is 5.38. The van der Waals surface area contributed by atoms with E-state index in [-0.39, 0.29) is 25.3 Å². The average molecular weight is 463 g/mol. The van der Waals surface area contributed by atoms with Crippen LogP contribution in [-0.4, -0.2) is 33.1 Å². The Bertz CT molecular complexity index is 1190. The summed E-state index contributed by atoms with van der Waals surface area (Å²) in [6, 6.07) is 7.05. The first-order valence-electron chi connectivity index (χ1n) is 10.3. The number of nitrogens with zero attached hydrogens (tertiary/aromatic N) is 3. The molecule has 0 fully saturated rings. The first kappa shape index (κ1) is 24.2. The molecule has 1 atom stereocenters. The summed E-state index contributed by atoms with van der Waals surface area (Å²) in [6.45, 7) is 6.80. The van der Waals surface area contributed by atoms with Crippen LogP contribution in [0.2, 0.25) is 0 Å². The molecule has 0 N–H and O–H groups in total. The minimum Gasteiger partial charge on any atom is -0.466 e. The zero-order valence-electron chi connectivity index (χ0n) is 18.7. The van der Waals surface area contributed by atoms with E-state index in [0.717, 1.165) is 21.1 Å². The number of aromatic nitrogens is 3. The van der Waals surface area contributed by atoms with Gasteiger partial charge in [0.25, 0.3) is 0 Å². The number of fused-ring (bicyclic) bond motifs is 1. The number of alkyl halides is 3. The van der Waals surface area contributed by atoms with E-state index >= 15 is 0 Å². The van der Waals surface area contributed by atoms with Crippen molar-refractivity contribution in [1.82, 2.24) is 14.6 Å². The Labute approximate surface area is 188 Å². The van der Waals surface area contributed by atoms with Crippen LogP contribution in [0.25, 0.3) is 5.65 Å². The fraction of sp³-hybridized carbons (Fsp3) is 0.391. The van der Waals surface area contributed by atoms with E-state index < -0.39 is 29.9 Å². The Kier molecular flexibility index (Phi) is 7.04. The van der Waals surface area contributed by atoms with Crippen molar-refractivity contribution in [3.8, 4) is 0 Å². The summed E-state index contributed by atoms with van der Waals surface area (Å²) < 4.78 is 50.9. The van der Waals surface area contributed by atoms with Gasteiger partial charge in [0.05, 0.1) is 13.0 Å². The normalized spacial score (nSPS) is 12.6. The molecule has 7 nitrogen and oxygen atoms in total. The highest BCUT2D eigenvalue weighted by atomic mass is 19.4. The number of hydrogen-bond acceptors (Lipinski definition) is 6. The molecule has 0 aliphatic rings. The van der Waals surface area contributed by atoms with Crippen molar-refractivity contribution in [3.63, 3.8) is 0 Å². The number of benzene rings is 1. The maximum absolute atomic E-state index is 13.3. The molecule has 0 aliphatic heterocycles. The van der Waals surface area contributed by atoms with Crippen LogP contribution >= 0.6 is 0 Å². The van der Waals surface area contributed by atoms with Crippen LogP contribution in [0, 0.1) is 13.8 Å². The van der Waals surface area contributed by atoms with Crippen molar-refractivity contribution in [2.24, 2.45) is 0 Å². The molecule has 176 valence electrons. The molecule has 3 aromatic rings. The van der Waals surface area contributed by atoms with Crippen LogP contribution in [0.1, 0.15) is 59.8 Å². The molecule has 0 aliphatic carbocycles. The third kappa shape index (κ3) is 5.32. The molecule has 1 unspecified atom stereocenters. The fourth-order valence-electron chi connectivity index (χ4n) is 3.70. The van der Waals surface area contributed by atoms with Gasteiger partial charge in [-0.2, -0.15) is 13.2 Å². The zero-order chi connectivity index (χ0) is 24.3. The molecule has 10 heteroatoms. The highest BCUT2D eigenvalue weighted by molar-refractivity contribution is 5.72. The number of esters is 2. The Balaban J connectivity index is 2.11. The minimum absolute atomic E-state index is 0.0266. The maximum Gasteiger partial charge on any atom is 0.452 e. The Morgan fingerprint density at radius 1 is 1.12 bits per heavy atom. The number of hydrogen-bond donors (Lipinski definition) is 0. The monoisotopic (exact) mass is 463 g/mol. The standard InChI is InChI=1S/C23H24F3N3O4/c1-5-32-20(31)11-19(16-7-6-13(2)17(10-16)12-33-15(4)30)18-8-9-29-21(14(18)3)27-28-22(29)23(24,25)26/h6-10,19H,5,11-12H2,1-4H3. The second kappa shape index (κ2) is 9.60. The van der Waals surface area contributed by atoms with Crippen LogP contribution in [0.4, 0.5) is 13.2 Å². The molecule has 33 heavy (non-hydrogen) atoms. The number of rotatable bonds is 7. The summed E-state index contributed by atoms with van der Waals surface area (Å²) >= 11 is 0. The topological polar surface area (TPSA) is 82.8 Å². The molecule has 0 amide bonds. The van der Waals surface area contributed by atoms with Gasteiger partial charge in [0.2, 0.25) is 5.82 Å². The van der Waals surface area contributed by atoms with Crippen LogP contribution in [0.15, 0.2) is 30.5 Å². The van der Waals surface area contributed by atoms with Crippen molar-refractivity contribution in [2.75, 3.05) is 6.61 Å². The molecule has 0 spiro atoms. The predicted octanol–water partition coefficient (Wildman–Crippen LogP) is 4.51. The van der Waals surface area contributed by atoms with E-state index in [9.17, 15) is 22.8 Å². The van der Waals surface area contributed by atoms with Crippen molar-refractivity contribution in [2.45, 2.75) is 52.8 Å². The van der Waals surface area contributed by atoms with Crippen LogP contribution in [0.3, 0.4) is 0 Å². The highest BCUT2D eigenvalue weighted by Gasteiger charge is 2.37. The summed E-state index contributed by atoms with van der Waals surface area (Å²) in [5.41, 5.74) is 3.54. The summed E-state index contributed by atoms with van der Waals surface area (Å²) in [5.74, 6) is -2.50. The number of aryl methyl sites for hydroxylation is 2. The van der Waals surface area contributed by atoms with Gasteiger partial charge in [-0.05, 0) is 54.7 Å². The maximum atomic E-state index is 13.3. The van der Waals surface area contributed by atoms with Gasteiger partial charge < -0.3 is 9.47 Å². The number of ether oxygens (including phenoxy) is 2. The van der Waals surface area contributed by atoms with Crippen molar-refractivity contribution in [1.29, 1.82) is 0 Å². The Hall–Kier alpha value is -3.43. The molecule has 2 aromatic heterocycles. The van der Waals surface area contributed by atoms with Gasteiger partial charge in [-0.3, -0.25) is 14.0 Å². The van der Waals surface area contributed by atoms with Gasteiger partial charge in [0.1, 0.15) is 6.61 Å². The van der Waals surface area contributed by atoms with Crippen molar-refractivity contribution < 1.29 is 32.2 Å². The highest BCUT2D eigenvalue weighted by Crippen LogP contribution is 2.35. The molecule has 1 aromatic carbocycles. The third-order valence-electron chi connectivity index (χ3n) is 5.38. The van der Waals surface area contributed by atoms with Gasteiger partial charge in [-0.25, -0.2) is 0 Å². The Morgan fingerprint density at radius 3 is 2.48 bits per heavy atom. The van der Waals surface area contributed by atoms with Crippen LogP contribution in [0.5, 0.6) is 0 Å². The number of pyridine rings is 1. The molecule has 0 bridgehead atoms. The fourth-order valence-corrected chi connectivity index (χ4v) is 3.70. The number of carbonyl (C=O) groups is 2. The lowest BCUT2D eigenvalue weighted by Crippen LogP contribution is -2.15. The molecule has 0 radical (unpaired) electrons. The van der Waals surface area contributed by atoms with Crippen LogP contribution in [-0.2, 0) is 31.8 Å². The van der Waals surface area contributed by atoms with E-state index in [1.807, 2.05) is 25.1 Å². The molecule has 0 saturated carbocycles. The first-order chi connectivity index (χ1) is 15.5. The van der Waals surface area contributed by atoms with E-state index in [0.29, 0.717) is 11.1 Å². The zero-order valence-corrected chi connectivity index (χ0v) is 18.7. The summed E-state index contributed by atoms with van der Waals surface area (Å²) in [4.78, 5) is 23.7. The average Bonchev–Trinajstić information content (AvgIpc) is 3.18. The number of carbonyl (C=O) groups excluding carboxylic acids is 2. The van der Waals surface area contributed by atoms with E-state index in [2.05, 4.69) is 10.2 Å². The lowest BCUT2D eigenvalue weighted by molar-refractivity contribution is -0.146. The van der Waals surface area contributed by atoms with Gasteiger partial charge in [0.15, 0.2) is 5.65 Å². The SMILES string of the molecule is CCOC(=O)CC(c1ccc(C)c(COC(C)=O)c1)c1ccn2c(C(F)(F)F)nnc2c1C. The molecular formula is C23H24F3N3O4. The number of halogens is 3. The Morgan fingerprint density at radius 2 is 1.85 bits per heavy atom. The molecule has 3 rings (SSSR count). The quantitative estimate of drug-likeness (QED) is 0.480. The molecule has 2 heterocycles. The lowest BCUT2D eigenvalue weighted by Gasteiger charge is -2.21. The summed E-state index contributed by atoms with van der Waals surface area (Å²) in [7, 11) is 0. The first-order valence-corrected chi connectivity index (χ1v) is 10.3. The van der Waals surface area contributed by atoms with Crippen LogP contribution < -0.4 is 0 Å². The summed E-state index contributed by atoms with van der Waals surface area (Å²) in [6.07, 6.45) is -3.42. The van der Waals surface area contributed by atoms with E-state index in [1.165, 1.54) is 19.2 Å². The van der Waals surface area contributed by atoms with Crippen molar-refractivity contribution in [3.05, 3.63) is 64.1 Å². The second-order valence-electron chi connectivity index (χ2n) is 7.64.